The average Bonchev–Trinajstić information content (AvgIpc) is 2.72. The average molecular weight is 283 g/mol. The van der Waals surface area contributed by atoms with E-state index in [4.69, 9.17) is 16.3 Å². The van der Waals surface area contributed by atoms with Crippen LogP contribution in [0.3, 0.4) is 0 Å². The van der Waals surface area contributed by atoms with Gasteiger partial charge in [0.2, 0.25) is 0 Å². The van der Waals surface area contributed by atoms with Crippen LogP contribution in [0.5, 0.6) is 5.75 Å². The summed E-state index contributed by atoms with van der Waals surface area (Å²) < 4.78 is 7.74. The fourth-order valence-corrected chi connectivity index (χ4v) is 2.10. The van der Waals surface area contributed by atoms with E-state index < -0.39 is 0 Å². The number of halogens is 1. The number of benzene rings is 1. The van der Waals surface area contributed by atoms with Crippen LogP contribution in [0.15, 0.2) is 16.9 Å². The van der Waals surface area contributed by atoms with Crippen molar-refractivity contribution in [1.82, 2.24) is 19.8 Å². The predicted octanol–water partition coefficient (Wildman–Crippen LogP) is 1.81. The number of methoxy groups -OCH3 is 1. The van der Waals surface area contributed by atoms with Gasteiger partial charge in [-0.2, -0.15) is 9.36 Å². The SMILES string of the molecule is CCCn1nnn(-c2cc(OC)c(Cl)cc2C)c1=O. The van der Waals surface area contributed by atoms with Crippen molar-refractivity contribution in [3.8, 4) is 11.4 Å². The summed E-state index contributed by atoms with van der Waals surface area (Å²) in [4.78, 5) is 12.1. The van der Waals surface area contributed by atoms with Crippen molar-refractivity contribution in [2.24, 2.45) is 0 Å². The van der Waals surface area contributed by atoms with E-state index in [1.54, 1.807) is 12.1 Å². The highest BCUT2D eigenvalue weighted by Gasteiger charge is 2.13. The van der Waals surface area contributed by atoms with Gasteiger partial charge in [0.15, 0.2) is 0 Å². The van der Waals surface area contributed by atoms with Gasteiger partial charge in [0, 0.05) is 12.6 Å². The van der Waals surface area contributed by atoms with Gasteiger partial charge in [-0.05, 0) is 35.4 Å². The second-order valence-electron chi connectivity index (χ2n) is 4.17. The molecule has 0 aliphatic heterocycles. The molecule has 0 atom stereocenters. The molecule has 0 radical (unpaired) electrons. The maximum absolute atomic E-state index is 12.1. The highest BCUT2D eigenvalue weighted by Crippen LogP contribution is 2.28. The van der Waals surface area contributed by atoms with Crippen molar-refractivity contribution in [3.63, 3.8) is 0 Å². The largest absolute Gasteiger partial charge is 0.495 e. The zero-order chi connectivity index (χ0) is 14.0. The van der Waals surface area contributed by atoms with Gasteiger partial charge in [0.1, 0.15) is 5.75 Å². The summed E-state index contributed by atoms with van der Waals surface area (Å²) >= 11 is 6.03. The van der Waals surface area contributed by atoms with Gasteiger partial charge < -0.3 is 4.74 Å². The highest BCUT2D eigenvalue weighted by molar-refractivity contribution is 6.32. The molecule has 1 aromatic carbocycles. The van der Waals surface area contributed by atoms with E-state index in [0.29, 0.717) is 23.0 Å². The lowest BCUT2D eigenvalue weighted by atomic mass is 10.2. The lowest BCUT2D eigenvalue weighted by Gasteiger charge is -2.08. The van der Waals surface area contributed by atoms with E-state index >= 15 is 0 Å². The lowest BCUT2D eigenvalue weighted by Crippen LogP contribution is -2.24. The first-order chi connectivity index (χ1) is 9.08. The van der Waals surface area contributed by atoms with Gasteiger partial charge in [-0.1, -0.05) is 18.5 Å². The third kappa shape index (κ3) is 2.49. The van der Waals surface area contributed by atoms with Gasteiger partial charge in [0.05, 0.1) is 17.8 Å². The summed E-state index contributed by atoms with van der Waals surface area (Å²) in [5, 5.41) is 8.23. The van der Waals surface area contributed by atoms with E-state index in [-0.39, 0.29) is 5.69 Å². The Morgan fingerprint density at radius 1 is 1.37 bits per heavy atom. The van der Waals surface area contributed by atoms with Gasteiger partial charge in [0.25, 0.3) is 0 Å². The molecule has 1 heterocycles. The maximum atomic E-state index is 12.1. The van der Waals surface area contributed by atoms with Gasteiger partial charge in [-0.25, -0.2) is 4.79 Å². The van der Waals surface area contributed by atoms with E-state index in [1.165, 1.54) is 16.5 Å². The third-order valence-corrected chi connectivity index (χ3v) is 3.07. The molecule has 0 amide bonds. The molecule has 102 valence electrons. The normalized spacial score (nSPS) is 10.7. The van der Waals surface area contributed by atoms with Crippen molar-refractivity contribution in [1.29, 1.82) is 0 Å². The highest BCUT2D eigenvalue weighted by atomic mass is 35.5. The minimum absolute atomic E-state index is 0.269. The molecule has 6 nitrogen and oxygen atoms in total. The Labute approximate surface area is 115 Å². The molecule has 0 aliphatic carbocycles. The number of rotatable bonds is 4. The van der Waals surface area contributed by atoms with Crippen LogP contribution in [0, 0.1) is 6.92 Å². The molecule has 0 saturated carbocycles. The molecule has 0 saturated heterocycles. The molecular weight excluding hydrogens is 268 g/mol. The van der Waals surface area contributed by atoms with Crippen molar-refractivity contribution in [3.05, 3.63) is 33.2 Å². The lowest BCUT2D eigenvalue weighted by molar-refractivity contribution is 0.414. The van der Waals surface area contributed by atoms with Crippen LogP contribution in [0.25, 0.3) is 5.69 Å². The molecule has 0 spiro atoms. The predicted molar refractivity (Wildman–Crippen MR) is 72.2 cm³/mol. The Balaban J connectivity index is 2.56. The Morgan fingerprint density at radius 3 is 2.74 bits per heavy atom. The van der Waals surface area contributed by atoms with E-state index in [2.05, 4.69) is 10.4 Å². The minimum atomic E-state index is -0.269. The zero-order valence-corrected chi connectivity index (χ0v) is 11.8. The van der Waals surface area contributed by atoms with Crippen LogP contribution in [0.1, 0.15) is 18.9 Å². The van der Waals surface area contributed by atoms with Crippen LogP contribution < -0.4 is 10.4 Å². The number of tetrazole rings is 1. The Bertz CT molecular complexity index is 648. The minimum Gasteiger partial charge on any atom is -0.495 e. The molecule has 0 bridgehead atoms. The number of aryl methyl sites for hydroxylation is 2. The summed E-state index contributed by atoms with van der Waals surface area (Å²) in [6.45, 7) is 4.37. The van der Waals surface area contributed by atoms with Crippen molar-refractivity contribution in [2.45, 2.75) is 26.8 Å². The quantitative estimate of drug-likeness (QED) is 0.858. The molecule has 7 heteroatoms. The molecule has 2 aromatic rings. The topological polar surface area (TPSA) is 61.9 Å². The number of ether oxygens (including phenoxy) is 1. The van der Waals surface area contributed by atoms with E-state index in [9.17, 15) is 4.79 Å². The van der Waals surface area contributed by atoms with Crippen molar-refractivity contribution < 1.29 is 4.74 Å². The van der Waals surface area contributed by atoms with Crippen LogP contribution >= 0.6 is 11.6 Å². The molecule has 0 N–H and O–H groups in total. The monoisotopic (exact) mass is 282 g/mol. The maximum Gasteiger partial charge on any atom is 0.368 e. The molecule has 0 aliphatic rings. The number of hydrogen-bond donors (Lipinski definition) is 0. The molecule has 0 unspecified atom stereocenters. The van der Waals surface area contributed by atoms with Gasteiger partial charge in [-0.15, -0.1) is 0 Å². The zero-order valence-electron chi connectivity index (χ0n) is 11.1. The summed E-state index contributed by atoms with van der Waals surface area (Å²) in [6, 6.07) is 3.42. The van der Waals surface area contributed by atoms with Gasteiger partial charge in [-0.3, -0.25) is 0 Å². The molecule has 0 fully saturated rings. The first-order valence-electron chi connectivity index (χ1n) is 5.95. The molecular formula is C12H15ClN4O2. The summed E-state index contributed by atoms with van der Waals surface area (Å²) in [7, 11) is 1.52. The van der Waals surface area contributed by atoms with Crippen molar-refractivity contribution >= 4 is 11.6 Å². The standard InChI is InChI=1S/C12H15ClN4O2/c1-4-5-16-12(18)17(15-14-16)10-7-11(19-3)9(13)6-8(10)2/h6-7H,4-5H2,1-3H3. The fraction of sp³-hybridized carbons (Fsp3) is 0.417. The van der Waals surface area contributed by atoms with Crippen LogP contribution in [0.4, 0.5) is 0 Å². The molecule has 19 heavy (non-hydrogen) atoms. The Hall–Kier alpha value is -1.82. The molecule has 2 rings (SSSR count). The number of aromatic nitrogens is 4. The first-order valence-corrected chi connectivity index (χ1v) is 6.33. The van der Waals surface area contributed by atoms with E-state index in [1.807, 2.05) is 13.8 Å². The van der Waals surface area contributed by atoms with Crippen LogP contribution in [0.2, 0.25) is 5.02 Å². The smallest absolute Gasteiger partial charge is 0.368 e. The second-order valence-corrected chi connectivity index (χ2v) is 4.58. The summed E-state index contributed by atoms with van der Waals surface area (Å²) in [5.74, 6) is 0.499. The first kappa shape index (κ1) is 13.6. The van der Waals surface area contributed by atoms with E-state index in [0.717, 1.165) is 12.0 Å². The Morgan fingerprint density at radius 2 is 2.11 bits per heavy atom. The molecule has 1 aromatic heterocycles. The van der Waals surface area contributed by atoms with Crippen molar-refractivity contribution in [2.75, 3.05) is 7.11 Å². The summed E-state index contributed by atoms with van der Waals surface area (Å²) in [5.41, 5.74) is 1.18. The fourth-order valence-electron chi connectivity index (χ4n) is 1.80. The van der Waals surface area contributed by atoms with Crippen LogP contribution in [-0.2, 0) is 6.54 Å². The third-order valence-electron chi connectivity index (χ3n) is 2.77. The van der Waals surface area contributed by atoms with Crippen LogP contribution in [-0.4, -0.2) is 26.9 Å². The number of hydrogen-bond acceptors (Lipinski definition) is 4. The Kier molecular flexibility index (Phi) is 3.90. The second kappa shape index (κ2) is 5.44. The number of nitrogens with zero attached hydrogens (tertiary/aromatic N) is 4. The van der Waals surface area contributed by atoms with Gasteiger partial charge >= 0.3 is 5.69 Å². The summed E-state index contributed by atoms with van der Waals surface area (Å²) in [6.07, 6.45) is 0.821.